The molecule has 1 amide bonds. The van der Waals surface area contributed by atoms with Gasteiger partial charge >= 0.3 is 5.97 Å². The first-order valence-corrected chi connectivity index (χ1v) is 6.64. The lowest BCUT2D eigenvalue weighted by molar-refractivity contribution is 0.0696. The zero-order valence-corrected chi connectivity index (χ0v) is 11.9. The average Bonchev–Trinajstić information content (AvgIpc) is 2.67. The number of halogens is 1. The minimum Gasteiger partial charge on any atom is -0.478 e. The summed E-state index contributed by atoms with van der Waals surface area (Å²) in [6.07, 6.45) is 0. The Hall–Kier alpha value is -2.12. The maximum absolute atomic E-state index is 12.1. The number of nitrogens with zero attached hydrogens (tertiary/aromatic N) is 1. The van der Waals surface area contributed by atoms with E-state index >= 15 is 0 Å². The highest BCUT2D eigenvalue weighted by molar-refractivity contribution is 7.17. The molecule has 0 bridgehead atoms. The first-order valence-electron chi connectivity index (χ1n) is 5.45. The lowest BCUT2D eigenvalue weighted by Crippen LogP contribution is -2.12. The second-order valence-electron chi connectivity index (χ2n) is 3.95. The van der Waals surface area contributed by atoms with Crippen LogP contribution in [0.3, 0.4) is 0 Å². The third-order valence-corrected chi connectivity index (χ3v) is 3.63. The standard InChI is InChI=1S/C12H10ClN3O3S/c1-5-9(20-12(14)15-5)10(17)16-8-3-6(11(18)19)2-7(13)4-8/h2-4H,1H3,(H2,14,15)(H,16,17)(H,18,19). The van der Waals surface area contributed by atoms with Gasteiger partial charge in [0.05, 0.1) is 11.3 Å². The summed E-state index contributed by atoms with van der Waals surface area (Å²) in [7, 11) is 0. The van der Waals surface area contributed by atoms with Gasteiger partial charge in [-0.25, -0.2) is 9.78 Å². The maximum atomic E-state index is 12.1. The Morgan fingerprint density at radius 3 is 2.65 bits per heavy atom. The highest BCUT2D eigenvalue weighted by atomic mass is 35.5. The smallest absolute Gasteiger partial charge is 0.335 e. The summed E-state index contributed by atoms with van der Waals surface area (Å²) in [5.74, 6) is -1.53. The lowest BCUT2D eigenvalue weighted by Gasteiger charge is -2.06. The second kappa shape index (κ2) is 5.48. The zero-order chi connectivity index (χ0) is 14.9. The topological polar surface area (TPSA) is 105 Å². The first kappa shape index (κ1) is 14.3. The van der Waals surface area contributed by atoms with Crippen molar-refractivity contribution >= 4 is 45.6 Å². The molecule has 1 aromatic heterocycles. The lowest BCUT2D eigenvalue weighted by atomic mass is 10.2. The number of carbonyl (C=O) groups excluding carboxylic acids is 1. The monoisotopic (exact) mass is 311 g/mol. The SMILES string of the molecule is Cc1nc(N)sc1C(=O)Nc1cc(Cl)cc(C(=O)O)c1. The largest absolute Gasteiger partial charge is 0.478 e. The molecule has 0 spiro atoms. The van der Waals surface area contributed by atoms with Gasteiger partial charge < -0.3 is 16.2 Å². The van der Waals surface area contributed by atoms with Gasteiger partial charge in [0.25, 0.3) is 5.91 Å². The molecule has 0 aliphatic rings. The molecule has 0 aliphatic carbocycles. The maximum Gasteiger partial charge on any atom is 0.335 e. The molecule has 0 saturated carbocycles. The molecule has 0 radical (unpaired) electrons. The van der Waals surface area contributed by atoms with E-state index in [0.29, 0.717) is 21.4 Å². The van der Waals surface area contributed by atoms with Crippen LogP contribution in [-0.4, -0.2) is 22.0 Å². The molecule has 104 valence electrons. The summed E-state index contributed by atoms with van der Waals surface area (Å²) in [4.78, 5) is 27.3. The average molecular weight is 312 g/mol. The number of rotatable bonds is 3. The van der Waals surface area contributed by atoms with Crippen LogP contribution in [0, 0.1) is 6.92 Å². The van der Waals surface area contributed by atoms with Gasteiger partial charge in [-0.15, -0.1) is 0 Å². The first-order chi connectivity index (χ1) is 9.36. The molecule has 8 heteroatoms. The minimum absolute atomic E-state index is 0.00617. The number of aromatic nitrogens is 1. The van der Waals surface area contributed by atoms with Gasteiger partial charge in [-0.3, -0.25) is 4.79 Å². The van der Waals surface area contributed by atoms with E-state index in [9.17, 15) is 9.59 Å². The number of benzene rings is 1. The van der Waals surface area contributed by atoms with Crippen molar-refractivity contribution in [1.82, 2.24) is 4.98 Å². The highest BCUT2D eigenvalue weighted by Crippen LogP contribution is 2.23. The van der Waals surface area contributed by atoms with Crippen LogP contribution in [0.5, 0.6) is 0 Å². The molecule has 2 aromatic rings. The number of aromatic carboxylic acids is 1. The molecule has 4 N–H and O–H groups in total. The number of carboxylic acid groups (broad SMARTS) is 1. The Labute approximate surface area is 123 Å². The van der Waals surface area contributed by atoms with Crippen molar-refractivity contribution in [3.63, 3.8) is 0 Å². The normalized spacial score (nSPS) is 10.3. The molecule has 0 aliphatic heterocycles. The Balaban J connectivity index is 2.28. The number of hydrogen-bond donors (Lipinski definition) is 3. The van der Waals surface area contributed by atoms with Crippen molar-refractivity contribution < 1.29 is 14.7 Å². The molecule has 2 rings (SSSR count). The molecule has 0 unspecified atom stereocenters. The molecule has 20 heavy (non-hydrogen) atoms. The molecule has 6 nitrogen and oxygen atoms in total. The third-order valence-electron chi connectivity index (χ3n) is 2.42. The fourth-order valence-corrected chi connectivity index (χ4v) is 2.56. The summed E-state index contributed by atoms with van der Waals surface area (Å²) >= 11 is 6.88. The molecule has 0 saturated heterocycles. The van der Waals surface area contributed by atoms with E-state index < -0.39 is 11.9 Å². The number of hydrogen-bond acceptors (Lipinski definition) is 5. The highest BCUT2D eigenvalue weighted by Gasteiger charge is 2.15. The van der Waals surface area contributed by atoms with Gasteiger partial charge in [-0.05, 0) is 25.1 Å². The van der Waals surface area contributed by atoms with Gasteiger partial charge in [0.15, 0.2) is 5.13 Å². The number of amides is 1. The van der Waals surface area contributed by atoms with Crippen LogP contribution < -0.4 is 11.1 Å². The molecule has 0 fully saturated rings. The van der Waals surface area contributed by atoms with Crippen molar-refractivity contribution in [2.45, 2.75) is 6.92 Å². The van der Waals surface area contributed by atoms with Crippen LogP contribution in [0.1, 0.15) is 25.7 Å². The minimum atomic E-state index is -1.12. The Kier molecular flexibility index (Phi) is 3.91. The van der Waals surface area contributed by atoms with Gasteiger partial charge in [-0.1, -0.05) is 22.9 Å². The zero-order valence-electron chi connectivity index (χ0n) is 10.3. The summed E-state index contributed by atoms with van der Waals surface area (Å²) in [5.41, 5.74) is 6.34. The fraction of sp³-hybridized carbons (Fsp3) is 0.0833. The van der Waals surface area contributed by atoms with Gasteiger partial charge in [0.1, 0.15) is 4.88 Å². The van der Waals surface area contributed by atoms with Crippen molar-refractivity contribution in [2.24, 2.45) is 0 Å². The van der Waals surface area contributed by atoms with Crippen molar-refractivity contribution in [2.75, 3.05) is 11.1 Å². The van der Waals surface area contributed by atoms with E-state index in [4.69, 9.17) is 22.4 Å². The van der Waals surface area contributed by atoms with Crippen molar-refractivity contribution in [3.05, 3.63) is 39.4 Å². The molecule has 1 heterocycles. The number of nitrogens with two attached hydrogens (primary N) is 1. The van der Waals surface area contributed by atoms with Crippen LogP contribution in [0.2, 0.25) is 5.02 Å². The fourth-order valence-electron chi connectivity index (χ4n) is 1.60. The van der Waals surface area contributed by atoms with Gasteiger partial charge in [-0.2, -0.15) is 0 Å². The van der Waals surface area contributed by atoms with Crippen molar-refractivity contribution in [3.8, 4) is 0 Å². The Morgan fingerprint density at radius 2 is 2.10 bits per heavy atom. The molecular weight excluding hydrogens is 302 g/mol. The Morgan fingerprint density at radius 1 is 1.40 bits per heavy atom. The summed E-state index contributed by atoms with van der Waals surface area (Å²) < 4.78 is 0. The third kappa shape index (κ3) is 3.06. The van der Waals surface area contributed by atoms with E-state index in [1.165, 1.54) is 18.2 Å². The van der Waals surface area contributed by atoms with Crippen LogP contribution in [0.4, 0.5) is 10.8 Å². The summed E-state index contributed by atoms with van der Waals surface area (Å²) in [6, 6.07) is 4.09. The van der Waals surface area contributed by atoms with Gasteiger partial charge in [0, 0.05) is 10.7 Å². The van der Waals surface area contributed by atoms with E-state index in [0.717, 1.165) is 11.3 Å². The summed E-state index contributed by atoms with van der Waals surface area (Å²) in [5, 5.41) is 12.0. The predicted molar refractivity (Wildman–Crippen MR) is 77.6 cm³/mol. The number of carbonyl (C=O) groups is 2. The number of aryl methyl sites for hydroxylation is 1. The second-order valence-corrected chi connectivity index (χ2v) is 5.42. The van der Waals surface area contributed by atoms with E-state index in [1.54, 1.807) is 6.92 Å². The predicted octanol–water partition coefficient (Wildman–Crippen LogP) is 2.64. The van der Waals surface area contributed by atoms with Crippen LogP contribution in [-0.2, 0) is 0 Å². The van der Waals surface area contributed by atoms with Crippen LogP contribution in [0.25, 0.3) is 0 Å². The summed E-state index contributed by atoms with van der Waals surface area (Å²) in [6.45, 7) is 1.67. The molecule has 1 aromatic carbocycles. The van der Waals surface area contributed by atoms with Gasteiger partial charge in [0.2, 0.25) is 0 Å². The number of nitrogens with one attached hydrogen (secondary N) is 1. The quantitative estimate of drug-likeness (QED) is 0.808. The van der Waals surface area contributed by atoms with E-state index in [1.807, 2.05) is 0 Å². The van der Waals surface area contributed by atoms with Crippen molar-refractivity contribution in [1.29, 1.82) is 0 Å². The number of thiazole rings is 1. The van der Waals surface area contributed by atoms with E-state index in [-0.39, 0.29) is 10.6 Å². The van der Waals surface area contributed by atoms with E-state index in [2.05, 4.69) is 10.3 Å². The Bertz CT molecular complexity index is 699. The number of anilines is 2. The molecule has 0 atom stereocenters. The molecular formula is C12H10ClN3O3S. The van der Waals surface area contributed by atoms with Crippen LogP contribution >= 0.6 is 22.9 Å². The van der Waals surface area contributed by atoms with Crippen LogP contribution in [0.15, 0.2) is 18.2 Å². The number of nitrogen functional groups attached to an aromatic ring is 1. The number of carboxylic acids is 1.